The Morgan fingerprint density at radius 1 is 1.22 bits per heavy atom. The fourth-order valence-electron chi connectivity index (χ4n) is 2.41. The molecule has 2 aromatic carbocycles. The van der Waals surface area contributed by atoms with Gasteiger partial charge >= 0.3 is 5.97 Å². The summed E-state index contributed by atoms with van der Waals surface area (Å²) in [4.78, 5) is 21.2. The number of carboxylic acids is 1. The van der Waals surface area contributed by atoms with Gasteiger partial charge < -0.3 is 9.84 Å². The molecule has 0 unspecified atom stereocenters. The largest absolute Gasteiger partial charge is 0.494 e. The average molecular weight is 394 g/mol. The Labute approximate surface area is 156 Å². The van der Waals surface area contributed by atoms with Crippen molar-refractivity contribution in [2.45, 2.75) is 18.7 Å². The molecule has 10 heteroatoms. The second-order valence-electron chi connectivity index (χ2n) is 5.54. The topological polar surface area (TPSA) is 127 Å². The van der Waals surface area contributed by atoms with Crippen molar-refractivity contribution in [3.8, 4) is 5.75 Å². The van der Waals surface area contributed by atoms with E-state index in [1.54, 1.807) is 6.92 Å². The molecule has 0 atom stereocenters. The maximum absolute atomic E-state index is 13.1. The maximum atomic E-state index is 13.1. The van der Waals surface area contributed by atoms with Crippen LogP contribution in [0.2, 0.25) is 0 Å². The number of nitro groups is 1. The van der Waals surface area contributed by atoms with Gasteiger partial charge in [0.2, 0.25) is 0 Å². The Morgan fingerprint density at radius 2 is 1.85 bits per heavy atom. The minimum absolute atomic E-state index is 0.103. The Morgan fingerprint density at radius 3 is 2.37 bits per heavy atom. The molecule has 9 nitrogen and oxygen atoms in total. The van der Waals surface area contributed by atoms with E-state index in [1.807, 2.05) is 0 Å². The van der Waals surface area contributed by atoms with Gasteiger partial charge in [-0.2, -0.15) is 0 Å². The normalized spacial score (nSPS) is 11.0. The van der Waals surface area contributed by atoms with Crippen LogP contribution >= 0.6 is 0 Å². The van der Waals surface area contributed by atoms with Crippen LogP contribution in [-0.4, -0.2) is 37.6 Å². The first-order chi connectivity index (χ1) is 12.7. The molecule has 0 amide bonds. The van der Waals surface area contributed by atoms with Gasteiger partial charge in [-0.05, 0) is 43.7 Å². The van der Waals surface area contributed by atoms with Crippen molar-refractivity contribution in [1.29, 1.82) is 0 Å². The minimum Gasteiger partial charge on any atom is -0.494 e. The van der Waals surface area contributed by atoms with Gasteiger partial charge in [-0.15, -0.1) is 0 Å². The third-order valence-electron chi connectivity index (χ3n) is 3.67. The van der Waals surface area contributed by atoms with Crippen LogP contribution in [-0.2, 0) is 14.8 Å². The second kappa shape index (κ2) is 8.04. The molecule has 0 aliphatic rings. The van der Waals surface area contributed by atoms with Crippen LogP contribution in [0.5, 0.6) is 5.75 Å². The summed E-state index contributed by atoms with van der Waals surface area (Å²) in [6.07, 6.45) is 0. The summed E-state index contributed by atoms with van der Waals surface area (Å²) in [6.45, 7) is 2.86. The van der Waals surface area contributed by atoms with Gasteiger partial charge in [0.05, 0.1) is 22.1 Å². The lowest BCUT2D eigenvalue weighted by Gasteiger charge is -2.23. The number of ether oxygens (including phenoxy) is 1. The molecule has 0 saturated carbocycles. The zero-order valence-corrected chi connectivity index (χ0v) is 15.5. The van der Waals surface area contributed by atoms with E-state index in [0.717, 1.165) is 6.07 Å². The van der Waals surface area contributed by atoms with E-state index in [9.17, 15) is 23.3 Å². The third kappa shape index (κ3) is 4.53. The number of carboxylic acid groups (broad SMARTS) is 1. The highest BCUT2D eigenvalue weighted by Crippen LogP contribution is 2.29. The summed E-state index contributed by atoms with van der Waals surface area (Å²) in [5.41, 5.74) is -0.0326. The Kier molecular flexibility index (Phi) is 6.01. The predicted octanol–water partition coefficient (Wildman–Crippen LogP) is 2.58. The third-order valence-corrected chi connectivity index (χ3v) is 5.58. The van der Waals surface area contributed by atoms with Gasteiger partial charge in [-0.1, -0.05) is 6.07 Å². The van der Waals surface area contributed by atoms with Crippen molar-refractivity contribution in [3.63, 3.8) is 0 Å². The molecule has 0 saturated heterocycles. The van der Waals surface area contributed by atoms with Gasteiger partial charge in [0.25, 0.3) is 15.7 Å². The van der Waals surface area contributed by atoms with E-state index >= 15 is 0 Å². The Bertz CT molecular complexity index is 956. The molecule has 0 spiro atoms. The van der Waals surface area contributed by atoms with E-state index in [1.165, 1.54) is 43.3 Å². The van der Waals surface area contributed by atoms with Crippen molar-refractivity contribution in [3.05, 3.63) is 58.1 Å². The summed E-state index contributed by atoms with van der Waals surface area (Å²) in [5, 5.41) is 20.2. The summed E-state index contributed by atoms with van der Waals surface area (Å²) in [7, 11) is -4.35. The number of aryl methyl sites for hydroxylation is 1. The lowest BCUT2D eigenvalue weighted by Crippen LogP contribution is -2.36. The number of non-ortho nitro benzene ring substituents is 1. The number of hydrogen-bond acceptors (Lipinski definition) is 6. The molecular weight excluding hydrogens is 376 g/mol. The van der Waals surface area contributed by atoms with Crippen LogP contribution in [0.3, 0.4) is 0 Å². The summed E-state index contributed by atoms with van der Waals surface area (Å²) >= 11 is 0. The number of sulfonamides is 1. The Hall–Kier alpha value is -3.14. The van der Waals surface area contributed by atoms with Gasteiger partial charge in [-0.3, -0.25) is 19.2 Å². The number of benzene rings is 2. The number of nitrogens with zero attached hydrogens (tertiary/aromatic N) is 2. The zero-order chi connectivity index (χ0) is 20.2. The van der Waals surface area contributed by atoms with Crippen molar-refractivity contribution in [1.82, 2.24) is 0 Å². The van der Waals surface area contributed by atoms with E-state index in [4.69, 9.17) is 9.84 Å². The number of anilines is 1. The average Bonchev–Trinajstić information content (AvgIpc) is 2.60. The van der Waals surface area contributed by atoms with E-state index in [2.05, 4.69) is 0 Å². The van der Waals surface area contributed by atoms with Gasteiger partial charge in [0.1, 0.15) is 12.3 Å². The lowest BCUT2D eigenvalue weighted by atomic mass is 10.2. The lowest BCUT2D eigenvalue weighted by molar-refractivity contribution is -0.385. The smallest absolute Gasteiger partial charge is 0.324 e. The highest BCUT2D eigenvalue weighted by molar-refractivity contribution is 7.93. The number of aliphatic carboxylic acids is 1. The van der Waals surface area contributed by atoms with Crippen molar-refractivity contribution in [2.24, 2.45) is 0 Å². The zero-order valence-electron chi connectivity index (χ0n) is 14.7. The predicted molar refractivity (Wildman–Crippen MR) is 97.6 cm³/mol. The maximum Gasteiger partial charge on any atom is 0.324 e. The van der Waals surface area contributed by atoms with Crippen LogP contribution in [0.15, 0.2) is 47.4 Å². The molecule has 0 fully saturated rings. The molecule has 0 bridgehead atoms. The second-order valence-corrected chi connectivity index (χ2v) is 7.37. The van der Waals surface area contributed by atoms with Crippen molar-refractivity contribution >= 4 is 27.4 Å². The van der Waals surface area contributed by atoms with Gasteiger partial charge in [0, 0.05) is 12.1 Å². The SMILES string of the molecule is CCOc1ccc(N(CC(=O)O)S(=O)(=O)c2cc([N+](=O)[O-])ccc2C)cc1. The molecule has 0 aliphatic heterocycles. The molecule has 1 N–H and O–H groups in total. The van der Waals surface area contributed by atoms with Crippen LogP contribution < -0.4 is 9.04 Å². The summed E-state index contributed by atoms with van der Waals surface area (Å²) < 4.78 is 32.2. The molecule has 0 aliphatic carbocycles. The van der Waals surface area contributed by atoms with Crippen molar-refractivity contribution < 1.29 is 28.0 Å². The molecule has 2 aromatic rings. The molecule has 0 heterocycles. The fourth-order valence-corrected chi connectivity index (χ4v) is 4.07. The van der Waals surface area contributed by atoms with Crippen molar-refractivity contribution in [2.75, 3.05) is 17.5 Å². The van der Waals surface area contributed by atoms with Crippen LogP contribution in [0.1, 0.15) is 12.5 Å². The molecule has 0 radical (unpaired) electrons. The van der Waals surface area contributed by atoms with Crippen LogP contribution in [0, 0.1) is 17.0 Å². The number of hydrogen-bond donors (Lipinski definition) is 1. The summed E-state index contributed by atoms with van der Waals surface area (Å²) in [6, 6.07) is 9.28. The highest BCUT2D eigenvalue weighted by Gasteiger charge is 2.30. The molecule has 0 aromatic heterocycles. The molecule has 2 rings (SSSR count). The van der Waals surface area contributed by atoms with E-state index in [0.29, 0.717) is 16.7 Å². The van der Waals surface area contributed by atoms with Gasteiger partial charge in [-0.25, -0.2) is 8.42 Å². The summed E-state index contributed by atoms with van der Waals surface area (Å²) in [5.74, 6) is -0.865. The Balaban J connectivity index is 2.56. The van der Waals surface area contributed by atoms with E-state index < -0.39 is 33.1 Å². The highest BCUT2D eigenvalue weighted by atomic mass is 32.2. The number of carbonyl (C=O) groups is 1. The fraction of sp³-hybridized carbons (Fsp3) is 0.235. The number of rotatable bonds is 8. The van der Waals surface area contributed by atoms with Crippen LogP contribution in [0.4, 0.5) is 11.4 Å². The first-order valence-corrected chi connectivity index (χ1v) is 9.33. The van der Waals surface area contributed by atoms with Crippen LogP contribution in [0.25, 0.3) is 0 Å². The molecular formula is C17H18N2O7S. The minimum atomic E-state index is -4.35. The van der Waals surface area contributed by atoms with Gasteiger partial charge in [0.15, 0.2) is 0 Å². The molecule has 27 heavy (non-hydrogen) atoms. The number of nitro benzene ring substituents is 1. The first-order valence-electron chi connectivity index (χ1n) is 7.89. The monoisotopic (exact) mass is 394 g/mol. The first kappa shape index (κ1) is 20.2. The van der Waals surface area contributed by atoms with E-state index in [-0.39, 0.29) is 16.1 Å². The quantitative estimate of drug-likeness (QED) is 0.538. The molecule has 144 valence electrons. The standard InChI is InChI=1S/C17H18N2O7S/c1-3-26-15-8-6-13(7-9-15)18(11-17(20)21)27(24,25)16-10-14(19(22)23)5-4-12(16)2/h4-10H,3,11H2,1-2H3,(H,20,21).